The van der Waals surface area contributed by atoms with Gasteiger partial charge in [0, 0.05) is 45.4 Å². The molecule has 1 amide bonds. The smallest absolute Gasteiger partial charge is 0.259 e. The zero-order chi connectivity index (χ0) is 18.1. The lowest BCUT2D eigenvalue weighted by molar-refractivity contribution is -0.140. The van der Waals surface area contributed by atoms with Crippen LogP contribution in [0.3, 0.4) is 0 Å². The second-order valence-electron chi connectivity index (χ2n) is 7.52. The number of hydrogen-bond acceptors (Lipinski definition) is 5. The summed E-state index contributed by atoms with van der Waals surface area (Å²) in [4.78, 5) is 19.0. The van der Waals surface area contributed by atoms with Gasteiger partial charge in [-0.05, 0) is 17.9 Å². The minimum atomic E-state index is -0.589. The molecule has 2 fully saturated rings. The quantitative estimate of drug-likeness (QED) is 0.825. The van der Waals surface area contributed by atoms with E-state index < -0.39 is 5.60 Å². The molecule has 1 saturated heterocycles. The number of benzene rings is 1. The van der Waals surface area contributed by atoms with Gasteiger partial charge in [-0.2, -0.15) is 4.98 Å². The van der Waals surface area contributed by atoms with Crippen molar-refractivity contribution in [2.24, 2.45) is 11.8 Å². The summed E-state index contributed by atoms with van der Waals surface area (Å²) in [6, 6.07) is 10.1. The Morgan fingerprint density at radius 1 is 1.31 bits per heavy atom. The summed E-state index contributed by atoms with van der Waals surface area (Å²) in [5.41, 5.74) is 0.554. The minimum Gasteiger partial charge on any atom is -0.368 e. The van der Waals surface area contributed by atoms with Crippen molar-refractivity contribution in [3.63, 3.8) is 0 Å². The molecule has 1 aromatic carbocycles. The normalized spacial score (nSPS) is 24.5. The molecule has 0 unspecified atom stereocenters. The third kappa shape index (κ3) is 3.26. The minimum absolute atomic E-state index is 0.228. The fourth-order valence-electron chi connectivity index (χ4n) is 3.78. The highest BCUT2D eigenvalue weighted by molar-refractivity contribution is 5.81. The van der Waals surface area contributed by atoms with E-state index in [0.29, 0.717) is 50.0 Å². The van der Waals surface area contributed by atoms with Gasteiger partial charge in [-0.25, -0.2) is 0 Å². The topological polar surface area (TPSA) is 68.5 Å². The maximum atomic E-state index is 12.4. The van der Waals surface area contributed by atoms with Crippen molar-refractivity contribution < 1.29 is 14.1 Å². The van der Waals surface area contributed by atoms with E-state index in [4.69, 9.17) is 9.26 Å². The molecule has 1 aromatic heterocycles. The van der Waals surface area contributed by atoms with Crippen LogP contribution in [0.1, 0.15) is 43.5 Å². The summed E-state index contributed by atoms with van der Waals surface area (Å²) in [5, 5.41) is 4.14. The number of methoxy groups -OCH3 is 1. The number of carbonyl (C=O) groups excluding carboxylic acids is 1. The zero-order valence-corrected chi connectivity index (χ0v) is 15.4. The molecular formula is C20H25N3O3. The highest BCUT2D eigenvalue weighted by atomic mass is 16.5. The molecule has 0 radical (unpaired) electrons. The Hall–Kier alpha value is -2.21. The first kappa shape index (κ1) is 17.2. The fourth-order valence-corrected chi connectivity index (χ4v) is 3.78. The van der Waals surface area contributed by atoms with Crippen molar-refractivity contribution in [3.8, 4) is 0 Å². The number of likely N-dealkylation sites (tertiary alicyclic amines) is 1. The van der Waals surface area contributed by atoms with Crippen LogP contribution in [0.2, 0.25) is 0 Å². The predicted molar refractivity (Wildman–Crippen MR) is 95.3 cm³/mol. The Kier molecular flexibility index (Phi) is 4.53. The number of rotatable bonds is 5. The number of carbonyl (C=O) groups is 1. The number of nitrogens with zero attached hydrogens (tertiary/aromatic N) is 3. The van der Waals surface area contributed by atoms with E-state index in [-0.39, 0.29) is 11.8 Å². The Morgan fingerprint density at radius 3 is 2.62 bits per heavy atom. The van der Waals surface area contributed by atoms with Crippen molar-refractivity contribution in [1.29, 1.82) is 0 Å². The second-order valence-corrected chi connectivity index (χ2v) is 7.52. The van der Waals surface area contributed by atoms with Crippen LogP contribution in [0.4, 0.5) is 0 Å². The summed E-state index contributed by atoms with van der Waals surface area (Å²) in [6.07, 6.45) is 3.03. The molecule has 0 bridgehead atoms. The fraction of sp³-hybridized carbons (Fsp3) is 0.550. The lowest BCUT2D eigenvalue weighted by Gasteiger charge is -2.38. The molecule has 4 rings (SSSR count). The number of aromatic nitrogens is 2. The number of amides is 1. The molecule has 0 N–H and O–H groups in total. The third-order valence-corrected chi connectivity index (χ3v) is 5.76. The molecule has 1 saturated carbocycles. The van der Waals surface area contributed by atoms with Gasteiger partial charge in [0.05, 0.1) is 0 Å². The maximum Gasteiger partial charge on any atom is 0.259 e. The van der Waals surface area contributed by atoms with Crippen LogP contribution in [0.5, 0.6) is 0 Å². The van der Waals surface area contributed by atoms with Gasteiger partial charge in [0.2, 0.25) is 5.91 Å². The van der Waals surface area contributed by atoms with E-state index in [1.54, 1.807) is 7.11 Å². The summed E-state index contributed by atoms with van der Waals surface area (Å²) >= 11 is 0. The predicted octanol–water partition coefficient (Wildman–Crippen LogP) is 2.78. The van der Waals surface area contributed by atoms with Gasteiger partial charge in [0.25, 0.3) is 5.89 Å². The average Bonchev–Trinajstić information content (AvgIpc) is 3.22. The number of piperidine rings is 1. The van der Waals surface area contributed by atoms with Gasteiger partial charge < -0.3 is 14.2 Å². The van der Waals surface area contributed by atoms with Crippen LogP contribution in [0.15, 0.2) is 34.9 Å². The molecule has 2 aliphatic rings. The molecule has 26 heavy (non-hydrogen) atoms. The monoisotopic (exact) mass is 355 g/mol. The van der Waals surface area contributed by atoms with Crippen molar-refractivity contribution in [2.75, 3.05) is 20.2 Å². The molecule has 6 heteroatoms. The van der Waals surface area contributed by atoms with Gasteiger partial charge in [0.15, 0.2) is 5.82 Å². The van der Waals surface area contributed by atoms with E-state index >= 15 is 0 Å². The van der Waals surface area contributed by atoms with E-state index in [0.717, 1.165) is 12.0 Å². The van der Waals surface area contributed by atoms with Crippen LogP contribution < -0.4 is 0 Å². The molecule has 1 aliphatic carbocycles. The molecule has 2 atom stereocenters. The van der Waals surface area contributed by atoms with Gasteiger partial charge in [0.1, 0.15) is 5.60 Å². The highest BCUT2D eigenvalue weighted by Crippen LogP contribution is 2.41. The second kappa shape index (κ2) is 6.83. The SMILES string of the molecule is COC1(c2nc(Cc3ccccc3)no2)CCN(C(=O)[C@@H]2C[C@H]2C)CC1. The summed E-state index contributed by atoms with van der Waals surface area (Å²) < 4.78 is 11.4. The first-order valence-corrected chi connectivity index (χ1v) is 9.32. The first-order chi connectivity index (χ1) is 12.6. The summed E-state index contributed by atoms with van der Waals surface area (Å²) in [5.74, 6) is 2.24. The Bertz CT molecular complexity index is 766. The molecule has 138 valence electrons. The van der Waals surface area contributed by atoms with Crippen molar-refractivity contribution in [2.45, 2.75) is 38.2 Å². The third-order valence-electron chi connectivity index (χ3n) is 5.76. The van der Waals surface area contributed by atoms with Crippen LogP contribution in [-0.4, -0.2) is 41.1 Å². The molecule has 1 aliphatic heterocycles. The average molecular weight is 355 g/mol. The molecule has 0 spiro atoms. The van der Waals surface area contributed by atoms with Crippen LogP contribution >= 0.6 is 0 Å². The van der Waals surface area contributed by atoms with Gasteiger partial charge >= 0.3 is 0 Å². The van der Waals surface area contributed by atoms with E-state index in [9.17, 15) is 4.79 Å². The molecule has 2 heterocycles. The van der Waals surface area contributed by atoms with Crippen molar-refractivity contribution in [3.05, 3.63) is 47.6 Å². The van der Waals surface area contributed by atoms with Gasteiger partial charge in [-0.15, -0.1) is 0 Å². The van der Waals surface area contributed by atoms with E-state index in [2.05, 4.69) is 17.1 Å². The van der Waals surface area contributed by atoms with Crippen molar-refractivity contribution >= 4 is 5.91 Å². The standard InChI is InChI=1S/C20H25N3O3/c1-14-12-16(14)18(24)23-10-8-20(25-2,9-11-23)19-21-17(22-26-19)13-15-6-4-3-5-7-15/h3-7,14,16H,8-13H2,1-2H3/t14-,16-/m1/s1. The molecule has 6 nitrogen and oxygen atoms in total. The van der Waals surface area contributed by atoms with Gasteiger partial charge in [-0.1, -0.05) is 42.4 Å². The van der Waals surface area contributed by atoms with Crippen LogP contribution in [0, 0.1) is 11.8 Å². The van der Waals surface area contributed by atoms with Gasteiger partial charge in [-0.3, -0.25) is 4.79 Å². The Balaban J connectivity index is 1.43. The van der Waals surface area contributed by atoms with E-state index in [1.165, 1.54) is 0 Å². The Morgan fingerprint density at radius 2 is 2.00 bits per heavy atom. The maximum absolute atomic E-state index is 12.4. The summed E-state index contributed by atoms with van der Waals surface area (Å²) in [6.45, 7) is 3.48. The number of hydrogen-bond donors (Lipinski definition) is 0. The van der Waals surface area contributed by atoms with Crippen molar-refractivity contribution in [1.82, 2.24) is 15.0 Å². The lowest BCUT2D eigenvalue weighted by Crippen LogP contribution is -2.47. The molecular weight excluding hydrogens is 330 g/mol. The largest absolute Gasteiger partial charge is 0.368 e. The van der Waals surface area contributed by atoms with Crippen LogP contribution in [-0.2, 0) is 21.6 Å². The Labute approximate surface area is 153 Å². The molecule has 2 aromatic rings. The van der Waals surface area contributed by atoms with E-state index in [1.807, 2.05) is 35.2 Å². The highest BCUT2D eigenvalue weighted by Gasteiger charge is 2.46. The lowest BCUT2D eigenvalue weighted by atomic mass is 9.90. The number of ether oxygens (including phenoxy) is 1. The first-order valence-electron chi connectivity index (χ1n) is 9.32. The summed E-state index contributed by atoms with van der Waals surface area (Å²) in [7, 11) is 1.68. The zero-order valence-electron chi connectivity index (χ0n) is 15.4. The van der Waals surface area contributed by atoms with Crippen LogP contribution in [0.25, 0.3) is 0 Å².